The van der Waals surface area contributed by atoms with E-state index in [1.807, 2.05) is 0 Å². The van der Waals surface area contributed by atoms with Crippen LogP contribution in [0.25, 0.3) is 0 Å². The van der Waals surface area contributed by atoms with E-state index in [2.05, 4.69) is 4.72 Å². The monoisotopic (exact) mass is 313 g/mol. The molecule has 0 bridgehead atoms. The zero-order valence-electron chi connectivity index (χ0n) is 11.0. The number of nitrogens with one attached hydrogen (secondary N) is 1. The lowest BCUT2D eigenvalue weighted by Gasteiger charge is -2.12. The minimum atomic E-state index is -3.56. The highest BCUT2D eigenvalue weighted by molar-refractivity contribution is 7.89. The Morgan fingerprint density at radius 2 is 1.95 bits per heavy atom. The molecule has 4 nitrogen and oxygen atoms in total. The standard InChI is InChI=1S/C14H16ClNO3S/c1-11(14-3-2-10-19-14)16-20(17,18)13-6-4-12(5-7-13)8-9-15/h2-7,10-11,16H,8-9H2,1H3/t11-/m0/s1. The zero-order chi connectivity index (χ0) is 14.6. The van der Waals surface area contributed by atoms with Gasteiger partial charge in [0.1, 0.15) is 5.76 Å². The molecular weight excluding hydrogens is 298 g/mol. The van der Waals surface area contributed by atoms with Crippen LogP contribution in [0.4, 0.5) is 0 Å². The summed E-state index contributed by atoms with van der Waals surface area (Å²) in [6.45, 7) is 1.73. The molecule has 1 N–H and O–H groups in total. The van der Waals surface area contributed by atoms with Crippen molar-refractivity contribution in [3.05, 3.63) is 54.0 Å². The maximum absolute atomic E-state index is 12.2. The number of benzene rings is 1. The van der Waals surface area contributed by atoms with E-state index in [1.165, 1.54) is 6.26 Å². The van der Waals surface area contributed by atoms with Gasteiger partial charge in [-0.25, -0.2) is 13.1 Å². The molecule has 0 aliphatic carbocycles. The fraction of sp³-hybridized carbons (Fsp3) is 0.286. The Morgan fingerprint density at radius 1 is 1.25 bits per heavy atom. The van der Waals surface area contributed by atoms with Gasteiger partial charge in [0.05, 0.1) is 17.2 Å². The predicted molar refractivity (Wildman–Crippen MR) is 78.3 cm³/mol. The van der Waals surface area contributed by atoms with Gasteiger partial charge in [-0.15, -0.1) is 11.6 Å². The summed E-state index contributed by atoms with van der Waals surface area (Å²) in [6.07, 6.45) is 2.24. The van der Waals surface area contributed by atoms with Crippen LogP contribution in [0, 0.1) is 0 Å². The van der Waals surface area contributed by atoms with Gasteiger partial charge in [0.15, 0.2) is 0 Å². The molecule has 2 aromatic rings. The van der Waals surface area contributed by atoms with Crippen molar-refractivity contribution in [2.24, 2.45) is 0 Å². The lowest BCUT2D eigenvalue weighted by molar-refractivity contribution is 0.459. The van der Waals surface area contributed by atoms with E-state index in [0.29, 0.717) is 11.6 Å². The summed E-state index contributed by atoms with van der Waals surface area (Å²) in [7, 11) is -3.56. The van der Waals surface area contributed by atoms with E-state index in [1.54, 1.807) is 43.3 Å². The Kier molecular flexibility index (Phi) is 4.86. The van der Waals surface area contributed by atoms with E-state index in [9.17, 15) is 8.42 Å². The summed E-state index contributed by atoms with van der Waals surface area (Å²) in [5.41, 5.74) is 1.01. The number of hydrogen-bond donors (Lipinski definition) is 1. The third-order valence-electron chi connectivity index (χ3n) is 2.92. The molecule has 20 heavy (non-hydrogen) atoms. The van der Waals surface area contributed by atoms with Crippen molar-refractivity contribution in [2.75, 3.05) is 5.88 Å². The molecule has 0 aliphatic rings. The molecule has 1 heterocycles. The Hall–Kier alpha value is -1.30. The molecule has 0 saturated heterocycles. The quantitative estimate of drug-likeness (QED) is 0.834. The molecule has 2 rings (SSSR count). The molecule has 0 fully saturated rings. The Balaban J connectivity index is 2.13. The van der Waals surface area contributed by atoms with Crippen LogP contribution >= 0.6 is 11.6 Å². The number of hydrogen-bond acceptors (Lipinski definition) is 3. The molecule has 0 saturated carbocycles. The second kappa shape index (κ2) is 6.43. The van der Waals surface area contributed by atoms with Crippen molar-refractivity contribution < 1.29 is 12.8 Å². The van der Waals surface area contributed by atoms with Crippen molar-refractivity contribution >= 4 is 21.6 Å². The van der Waals surface area contributed by atoms with E-state index >= 15 is 0 Å². The summed E-state index contributed by atoms with van der Waals surface area (Å²) in [5, 5.41) is 0. The van der Waals surface area contributed by atoms with E-state index in [0.717, 1.165) is 12.0 Å². The normalized spacial score (nSPS) is 13.3. The molecule has 0 aliphatic heterocycles. The van der Waals surface area contributed by atoms with Gasteiger partial charge in [-0.05, 0) is 43.2 Å². The predicted octanol–water partition coefficient (Wildman–Crippen LogP) is 3.10. The van der Waals surface area contributed by atoms with Gasteiger partial charge in [-0.2, -0.15) is 0 Å². The van der Waals surface area contributed by atoms with Crippen molar-refractivity contribution in [1.82, 2.24) is 4.72 Å². The highest BCUT2D eigenvalue weighted by Gasteiger charge is 2.19. The number of sulfonamides is 1. The first-order valence-corrected chi connectivity index (χ1v) is 8.25. The molecule has 0 amide bonds. The molecule has 1 aromatic heterocycles. The third-order valence-corrected chi connectivity index (χ3v) is 4.66. The molecule has 1 atom stereocenters. The van der Waals surface area contributed by atoms with Crippen LogP contribution in [-0.4, -0.2) is 14.3 Å². The van der Waals surface area contributed by atoms with Crippen LogP contribution < -0.4 is 4.72 Å². The number of alkyl halides is 1. The molecule has 6 heteroatoms. The van der Waals surface area contributed by atoms with Crippen molar-refractivity contribution in [2.45, 2.75) is 24.3 Å². The van der Waals surface area contributed by atoms with Gasteiger partial charge in [0, 0.05) is 5.88 Å². The maximum Gasteiger partial charge on any atom is 0.241 e. The Morgan fingerprint density at radius 3 is 2.50 bits per heavy atom. The van der Waals surface area contributed by atoms with Crippen LogP contribution in [0.1, 0.15) is 24.3 Å². The second-order valence-corrected chi connectivity index (χ2v) is 6.53. The lowest BCUT2D eigenvalue weighted by atomic mass is 10.2. The average molecular weight is 314 g/mol. The maximum atomic E-state index is 12.2. The SMILES string of the molecule is C[C@H](NS(=O)(=O)c1ccc(CCCl)cc1)c1ccco1. The van der Waals surface area contributed by atoms with Gasteiger partial charge >= 0.3 is 0 Å². The first kappa shape index (κ1) is 15.1. The van der Waals surface area contributed by atoms with E-state index in [4.69, 9.17) is 16.0 Å². The summed E-state index contributed by atoms with van der Waals surface area (Å²) in [6, 6.07) is 9.75. The van der Waals surface area contributed by atoms with Crippen LogP contribution in [-0.2, 0) is 16.4 Å². The number of rotatable bonds is 6. The van der Waals surface area contributed by atoms with Crippen molar-refractivity contribution in [1.29, 1.82) is 0 Å². The highest BCUT2D eigenvalue weighted by atomic mass is 35.5. The fourth-order valence-corrected chi connectivity index (χ4v) is 3.27. The third kappa shape index (κ3) is 3.62. The van der Waals surface area contributed by atoms with Crippen molar-refractivity contribution in [3.8, 4) is 0 Å². The average Bonchev–Trinajstić information content (AvgIpc) is 2.93. The summed E-state index contributed by atoms with van der Waals surface area (Å²) < 4.78 is 32.2. The molecule has 0 radical (unpaired) electrons. The number of halogens is 1. The molecule has 108 valence electrons. The lowest BCUT2D eigenvalue weighted by Crippen LogP contribution is -2.26. The molecule has 1 aromatic carbocycles. The van der Waals surface area contributed by atoms with Crippen LogP contribution in [0.3, 0.4) is 0 Å². The fourth-order valence-electron chi connectivity index (χ4n) is 1.84. The van der Waals surface area contributed by atoms with E-state index in [-0.39, 0.29) is 4.90 Å². The first-order valence-electron chi connectivity index (χ1n) is 6.23. The van der Waals surface area contributed by atoms with Gasteiger partial charge in [-0.1, -0.05) is 12.1 Å². The highest BCUT2D eigenvalue weighted by Crippen LogP contribution is 2.17. The largest absolute Gasteiger partial charge is 0.468 e. The Labute approximate surface area is 123 Å². The topological polar surface area (TPSA) is 59.3 Å². The van der Waals surface area contributed by atoms with Crippen LogP contribution in [0.15, 0.2) is 52.0 Å². The van der Waals surface area contributed by atoms with Gasteiger partial charge in [-0.3, -0.25) is 0 Å². The van der Waals surface area contributed by atoms with Gasteiger partial charge in [0.2, 0.25) is 10.0 Å². The van der Waals surface area contributed by atoms with Crippen LogP contribution in [0.2, 0.25) is 0 Å². The Bertz CT molecular complexity index is 636. The second-order valence-electron chi connectivity index (χ2n) is 4.44. The summed E-state index contributed by atoms with van der Waals surface area (Å²) >= 11 is 5.65. The van der Waals surface area contributed by atoms with E-state index < -0.39 is 16.1 Å². The summed E-state index contributed by atoms with van der Waals surface area (Å²) in [4.78, 5) is 0.231. The molecular formula is C14H16ClNO3S. The summed E-state index contributed by atoms with van der Waals surface area (Å²) in [5.74, 6) is 1.09. The molecule has 0 unspecified atom stereocenters. The van der Waals surface area contributed by atoms with Gasteiger partial charge in [0.25, 0.3) is 0 Å². The number of furan rings is 1. The van der Waals surface area contributed by atoms with Crippen LogP contribution in [0.5, 0.6) is 0 Å². The minimum Gasteiger partial charge on any atom is -0.468 e. The minimum absolute atomic E-state index is 0.231. The van der Waals surface area contributed by atoms with Crippen molar-refractivity contribution in [3.63, 3.8) is 0 Å². The molecule has 0 spiro atoms. The number of aryl methyl sites for hydroxylation is 1. The zero-order valence-corrected chi connectivity index (χ0v) is 12.6. The van der Waals surface area contributed by atoms with Gasteiger partial charge < -0.3 is 4.42 Å². The smallest absolute Gasteiger partial charge is 0.241 e. The first-order chi connectivity index (χ1) is 9.53.